The molecule has 2 aromatic heterocycles. The van der Waals surface area contributed by atoms with Gasteiger partial charge in [0, 0.05) is 37.9 Å². The van der Waals surface area contributed by atoms with Crippen molar-refractivity contribution in [1.29, 1.82) is 0 Å². The average molecular weight is 710 g/mol. The molecule has 2 atom stereocenters. The van der Waals surface area contributed by atoms with Crippen LogP contribution in [0.25, 0.3) is 11.0 Å². The Balaban J connectivity index is 1.22. The maximum absolute atomic E-state index is 14.7. The number of imidazole rings is 1. The number of benzene rings is 2. The first-order valence-corrected chi connectivity index (χ1v) is 15.6. The van der Waals surface area contributed by atoms with Gasteiger partial charge in [-0.2, -0.15) is 31.3 Å². The highest BCUT2D eigenvalue weighted by Gasteiger charge is 2.47. The summed E-state index contributed by atoms with van der Waals surface area (Å²) in [6, 6.07) is 8.46. The highest BCUT2D eigenvalue weighted by atomic mass is 19.4. The SMILES string of the molecule is COc1cc(C(F)(F)F)ccc1COc1cccc(N2CCN(Cc3nc4c(OC)cc(C(=O)O)cc4n3C[C@@H]3CCO3)[C@@H](C(F)(F)F)C2)n1. The van der Waals surface area contributed by atoms with Crippen molar-refractivity contribution in [3.8, 4) is 17.4 Å². The van der Waals surface area contributed by atoms with Gasteiger partial charge >= 0.3 is 18.3 Å². The molecule has 0 spiro atoms. The molecule has 0 aliphatic carbocycles. The van der Waals surface area contributed by atoms with Gasteiger partial charge in [0.25, 0.3) is 0 Å². The number of nitrogens with zero attached hydrogens (tertiary/aromatic N) is 5. The van der Waals surface area contributed by atoms with Crippen LogP contribution >= 0.6 is 0 Å². The van der Waals surface area contributed by atoms with Crippen molar-refractivity contribution in [2.24, 2.45) is 0 Å². The topological polar surface area (TPSA) is 111 Å². The number of alkyl halides is 6. The molecule has 0 saturated carbocycles. The summed E-state index contributed by atoms with van der Waals surface area (Å²) < 4.78 is 107. The highest BCUT2D eigenvalue weighted by Crippen LogP contribution is 2.35. The van der Waals surface area contributed by atoms with Gasteiger partial charge in [-0.15, -0.1) is 0 Å². The molecule has 4 heterocycles. The monoisotopic (exact) mass is 709 g/mol. The number of piperazine rings is 1. The van der Waals surface area contributed by atoms with Crippen LogP contribution in [0, 0.1) is 0 Å². The number of hydrogen-bond donors (Lipinski definition) is 1. The van der Waals surface area contributed by atoms with Gasteiger partial charge in [0.05, 0.1) is 50.1 Å². The summed E-state index contributed by atoms with van der Waals surface area (Å²) in [4.78, 5) is 23.6. The van der Waals surface area contributed by atoms with Crippen LogP contribution in [0.15, 0.2) is 48.5 Å². The van der Waals surface area contributed by atoms with Gasteiger partial charge in [0.1, 0.15) is 41.3 Å². The van der Waals surface area contributed by atoms with Crippen LogP contribution in [0.1, 0.15) is 33.7 Å². The van der Waals surface area contributed by atoms with E-state index in [-0.39, 0.29) is 67.7 Å². The molecule has 0 unspecified atom stereocenters. The smallest absolute Gasteiger partial charge is 0.416 e. The molecule has 50 heavy (non-hydrogen) atoms. The zero-order chi connectivity index (χ0) is 35.8. The van der Waals surface area contributed by atoms with E-state index >= 15 is 0 Å². The van der Waals surface area contributed by atoms with Crippen molar-refractivity contribution in [3.05, 3.63) is 71.0 Å². The number of halogens is 6. The first-order chi connectivity index (χ1) is 23.7. The number of hydrogen-bond acceptors (Lipinski definition) is 9. The van der Waals surface area contributed by atoms with Gasteiger partial charge < -0.3 is 33.5 Å². The lowest BCUT2D eigenvalue weighted by Gasteiger charge is -2.42. The first kappa shape index (κ1) is 35.1. The predicted molar refractivity (Wildman–Crippen MR) is 167 cm³/mol. The van der Waals surface area contributed by atoms with Crippen LogP contribution in [-0.2, 0) is 30.6 Å². The minimum atomic E-state index is -4.63. The molecule has 1 N–H and O–H groups in total. The number of carboxylic acid groups (broad SMARTS) is 1. The lowest BCUT2D eigenvalue weighted by atomic mass is 10.1. The summed E-state index contributed by atoms with van der Waals surface area (Å²) in [5.74, 6) is -0.416. The molecule has 17 heteroatoms. The number of aromatic carboxylic acids is 1. The molecule has 0 radical (unpaired) electrons. The highest BCUT2D eigenvalue weighted by molar-refractivity contribution is 5.95. The average Bonchev–Trinajstić information content (AvgIpc) is 3.40. The van der Waals surface area contributed by atoms with E-state index in [0.29, 0.717) is 29.0 Å². The number of carboxylic acids is 1. The number of methoxy groups -OCH3 is 2. The zero-order valence-electron chi connectivity index (χ0n) is 26.9. The molecule has 2 aliphatic rings. The molecular formula is C33H33F6N5O6. The maximum Gasteiger partial charge on any atom is 0.416 e. The standard InChI is InChI=1S/C33H33F6N5O6/c1-47-24-14-21(32(34,35)36)7-6-19(24)18-50-29-5-3-4-27(40-29)43-10-9-42(26(16-43)33(37,38)39)17-28-41-30-23(44(28)15-22-8-11-49-22)12-20(31(45)46)13-25(30)48-2/h3-7,12-14,22,26H,8-11,15-18H2,1-2H3,(H,45,46)/t22-,26+/m0/s1. The molecule has 4 aromatic rings. The number of ether oxygens (including phenoxy) is 4. The van der Waals surface area contributed by atoms with E-state index in [1.807, 2.05) is 0 Å². The van der Waals surface area contributed by atoms with Crippen molar-refractivity contribution in [3.63, 3.8) is 0 Å². The summed E-state index contributed by atoms with van der Waals surface area (Å²) in [5.41, 5.74) is 0.155. The molecule has 2 aromatic carbocycles. The third kappa shape index (κ3) is 7.38. The predicted octanol–water partition coefficient (Wildman–Crippen LogP) is 5.79. The lowest BCUT2D eigenvalue weighted by molar-refractivity contribution is -0.186. The first-order valence-electron chi connectivity index (χ1n) is 15.6. The largest absolute Gasteiger partial charge is 0.496 e. The van der Waals surface area contributed by atoms with E-state index in [4.69, 9.17) is 18.9 Å². The van der Waals surface area contributed by atoms with E-state index in [0.717, 1.165) is 18.6 Å². The fourth-order valence-electron chi connectivity index (χ4n) is 6.04. The van der Waals surface area contributed by atoms with Gasteiger partial charge in [-0.3, -0.25) is 4.90 Å². The van der Waals surface area contributed by atoms with Crippen molar-refractivity contribution in [2.75, 3.05) is 45.4 Å². The molecule has 0 amide bonds. The maximum atomic E-state index is 14.7. The normalized spacial score (nSPS) is 18.6. The van der Waals surface area contributed by atoms with Crippen LogP contribution in [-0.4, -0.2) is 89.3 Å². The Labute approximate surface area is 281 Å². The van der Waals surface area contributed by atoms with Gasteiger partial charge in [0.2, 0.25) is 5.88 Å². The molecule has 6 rings (SSSR count). The summed E-state index contributed by atoms with van der Waals surface area (Å²) in [6.07, 6.45) is -8.64. The van der Waals surface area contributed by atoms with E-state index in [1.54, 1.807) is 16.7 Å². The molecule has 268 valence electrons. The second-order valence-electron chi connectivity index (χ2n) is 11.9. The van der Waals surface area contributed by atoms with Crippen molar-refractivity contribution >= 4 is 22.8 Å². The number of pyridine rings is 1. The molecular weight excluding hydrogens is 676 g/mol. The Kier molecular flexibility index (Phi) is 9.72. The number of carbonyl (C=O) groups is 1. The van der Waals surface area contributed by atoms with E-state index in [9.17, 15) is 36.2 Å². The molecule has 0 bridgehead atoms. The summed E-state index contributed by atoms with van der Waals surface area (Å²) in [7, 11) is 2.60. The Bertz CT molecular complexity index is 1860. The van der Waals surface area contributed by atoms with Crippen molar-refractivity contribution < 1.29 is 55.2 Å². The number of rotatable bonds is 11. The third-order valence-electron chi connectivity index (χ3n) is 8.78. The fraction of sp³-hybridized carbons (Fsp3) is 0.424. The van der Waals surface area contributed by atoms with Crippen molar-refractivity contribution in [1.82, 2.24) is 19.4 Å². The van der Waals surface area contributed by atoms with Gasteiger partial charge in [-0.05, 0) is 36.8 Å². The minimum absolute atomic E-state index is 0.0136. The number of anilines is 1. The van der Waals surface area contributed by atoms with Gasteiger partial charge in [-0.1, -0.05) is 12.1 Å². The van der Waals surface area contributed by atoms with E-state index in [2.05, 4.69) is 9.97 Å². The Hall–Kier alpha value is -4.77. The molecule has 2 aliphatic heterocycles. The Morgan fingerprint density at radius 2 is 1.76 bits per heavy atom. The number of fused-ring (bicyclic) bond motifs is 1. The van der Waals surface area contributed by atoms with Crippen LogP contribution in [0.4, 0.5) is 32.2 Å². The van der Waals surface area contributed by atoms with Crippen LogP contribution in [0.5, 0.6) is 17.4 Å². The summed E-state index contributed by atoms with van der Waals surface area (Å²) >= 11 is 0. The number of aromatic nitrogens is 3. The molecule has 11 nitrogen and oxygen atoms in total. The zero-order valence-corrected chi connectivity index (χ0v) is 26.9. The minimum Gasteiger partial charge on any atom is -0.496 e. The fourth-order valence-corrected chi connectivity index (χ4v) is 6.04. The quantitative estimate of drug-likeness (QED) is 0.192. The van der Waals surface area contributed by atoms with Gasteiger partial charge in [-0.25, -0.2) is 9.78 Å². The van der Waals surface area contributed by atoms with Crippen LogP contribution in [0.2, 0.25) is 0 Å². The second kappa shape index (κ2) is 13.9. The Morgan fingerprint density at radius 1 is 1.00 bits per heavy atom. The summed E-state index contributed by atoms with van der Waals surface area (Å²) in [5, 5.41) is 9.66. The van der Waals surface area contributed by atoms with E-state index in [1.165, 1.54) is 48.3 Å². The van der Waals surface area contributed by atoms with E-state index < -0.39 is 36.5 Å². The van der Waals surface area contributed by atoms with Gasteiger partial charge in [0.15, 0.2) is 0 Å². The molecule has 2 saturated heterocycles. The Morgan fingerprint density at radius 3 is 2.40 bits per heavy atom. The molecule has 2 fully saturated rings. The summed E-state index contributed by atoms with van der Waals surface area (Å²) in [6.45, 7) is 0.167. The lowest BCUT2D eigenvalue weighted by Crippen LogP contribution is -2.59. The van der Waals surface area contributed by atoms with Crippen LogP contribution in [0.3, 0.4) is 0 Å². The van der Waals surface area contributed by atoms with Crippen molar-refractivity contribution in [2.45, 2.75) is 50.6 Å². The van der Waals surface area contributed by atoms with Crippen LogP contribution < -0.4 is 19.1 Å². The third-order valence-corrected chi connectivity index (χ3v) is 8.78. The second-order valence-corrected chi connectivity index (χ2v) is 11.9.